The van der Waals surface area contributed by atoms with Gasteiger partial charge in [0, 0.05) is 36.2 Å². The third-order valence-corrected chi connectivity index (χ3v) is 7.00. The zero-order chi connectivity index (χ0) is 19.8. The maximum atomic E-state index is 14.6. The van der Waals surface area contributed by atoms with Crippen molar-refractivity contribution in [3.8, 4) is 11.3 Å². The summed E-state index contributed by atoms with van der Waals surface area (Å²) in [4.78, 5) is 4.53. The number of hydrogen-bond acceptors (Lipinski definition) is 1. The molecule has 25 heavy (non-hydrogen) atoms. The Kier molecular flexibility index (Phi) is 5.39. The van der Waals surface area contributed by atoms with E-state index in [9.17, 15) is 4.39 Å². The Morgan fingerprint density at radius 3 is 2.60 bits per heavy atom. The van der Waals surface area contributed by atoms with Crippen LogP contribution in [0.5, 0.6) is 0 Å². The number of pyridine rings is 1. The van der Waals surface area contributed by atoms with Crippen LogP contribution in [0.4, 0.5) is 4.39 Å². The van der Waals surface area contributed by atoms with Crippen molar-refractivity contribution in [1.82, 2.24) is 4.98 Å². The number of halogens is 1. The van der Waals surface area contributed by atoms with Gasteiger partial charge in [-0.05, 0) is 23.2 Å². The molecular formula is C21H27FIrNSi-. The van der Waals surface area contributed by atoms with Crippen molar-refractivity contribution in [3.05, 3.63) is 47.4 Å². The minimum atomic E-state index is -2.33. The molecule has 0 bridgehead atoms. The van der Waals surface area contributed by atoms with E-state index in [1.165, 1.54) is 42.5 Å². The van der Waals surface area contributed by atoms with Crippen molar-refractivity contribution >= 4 is 13.3 Å². The van der Waals surface area contributed by atoms with Crippen molar-refractivity contribution in [3.63, 3.8) is 0 Å². The Morgan fingerprint density at radius 2 is 2.00 bits per heavy atom. The summed E-state index contributed by atoms with van der Waals surface area (Å²) in [6, 6.07) is 7.27. The molecule has 0 spiro atoms. The van der Waals surface area contributed by atoms with Gasteiger partial charge in [0.05, 0.1) is 8.07 Å². The monoisotopic (exact) mass is 536 g/mol. The molecule has 3 rings (SSSR count). The molecule has 0 saturated heterocycles. The van der Waals surface area contributed by atoms with Crippen molar-refractivity contribution in [2.75, 3.05) is 0 Å². The average Bonchev–Trinajstić information content (AvgIpc) is 3.05. The van der Waals surface area contributed by atoms with Gasteiger partial charge in [-0.25, -0.2) is 0 Å². The molecule has 137 valence electrons. The van der Waals surface area contributed by atoms with Crippen LogP contribution < -0.4 is 5.19 Å². The number of benzene rings is 1. The molecule has 1 aliphatic rings. The van der Waals surface area contributed by atoms with Gasteiger partial charge in [0.1, 0.15) is 0 Å². The Morgan fingerprint density at radius 1 is 1.28 bits per heavy atom. The van der Waals surface area contributed by atoms with E-state index in [4.69, 9.17) is 4.11 Å². The van der Waals surface area contributed by atoms with Gasteiger partial charge in [0.2, 0.25) is 0 Å². The normalized spacial score (nSPS) is 17.5. The molecule has 1 fully saturated rings. The predicted molar refractivity (Wildman–Crippen MR) is 102 cm³/mol. The Balaban J connectivity index is 0.00000280. The molecule has 2 aromatic rings. The first-order chi connectivity index (χ1) is 12.6. The van der Waals surface area contributed by atoms with Crippen LogP contribution in [-0.4, -0.2) is 13.1 Å². The summed E-state index contributed by atoms with van der Waals surface area (Å²) in [5.41, 5.74) is 2.03. The first kappa shape index (κ1) is 16.3. The minimum absolute atomic E-state index is 0. The third-order valence-electron chi connectivity index (χ3n) is 4.93. The van der Waals surface area contributed by atoms with E-state index in [0.717, 1.165) is 12.5 Å². The maximum absolute atomic E-state index is 14.6. The maximum Gasteiger partial charge on any atom is 0.0798 e. The minimum Gasteiger partial charge on any atom is -0.305 e. The Labute approximate surface area is 170 Å². The molecule has 0 N–H and O–H groups in total. The molecule has 1 aromatic heterocycles. The molecule has 0 aliphatic heterocycles. The van der Waals surface area contributed by atoms with E-state index in [1.807, 2.05) is 12.3 Å². The van der Waals surface area contributed by atoms with Gasteiger partial charge >= 0.3 is 0 Å². The van der Waals surface area contributed by atoms with Crippen LogP contribution >= 0.6 is 0 Å². The van der Waals surface area contributed by atoms with E-state index >= 15 is 0 Å². The van der Waals surface area contributed by atoms with Crippen LogP contribution in [0.1, 0.15) is 40.9 Å². The molecule has 1 heterocycles. The van der Waals surface area contributed by atoms with Gasteiger partial charge < -0.3 is 4.98 Å². The average molecular weight is 536 g/mol. The summed E-state index contributed by atoms with van der Waals surface area (Å²) < 4.78 is 36.9. The van der Waals surface area contributed by atoms with Crippen LogP contribution in [0, 0.1) is 24.7 Å². The first-order valence-electron chi connectivity index (χ1n) is 10.3. The molecule has 0 unspecified atom stereocenters. The van der Waals surface area contributed by atoms with Crippen molar-refractivity contribution < 1.29 is 28.6 Å². The van der Waals surface area contributed by atoms with Crippen molar-refractivity contribution in [1.29, 1.82) is 0 Å². The summed E-state index contributed by atoms with van der Waals surface area (Å²) in [5, 5.41) is 1.33. The smallest absolute Gasteiger partial charge is 0.0798 e. The Bertz CT molecular complexity index is 827. The zero-order valence-electron chi connectivity index (χ0n) is 18.1. The molecule has 1 radical (unpaired) electrons. The van der Waals surface area contributed by atoms with Gasteiger partial charge in [-0.15, -0.1) is 23.8 Å². The molecular weight excluding hydrogens is 506 g/mol. The quantitative estimate of drug-likeness (QED) is 0.384. The molecule has 4 heteroatoms. The van der Waals surface area contributed by atoms with Gasteiger partial charge in [-0.1, -0.05) is 69.4 Å². The first-order valence-corrected chi connectivity index (χ1v) is 12.3. The predicted octanol–water partition coefficient (Wildman–Crippen LogP) is 5.27. The second-order valence-corrected chi connectivity index (χ2v) is 13.0. The van der Waals surface area contributed by atoms with Crippen LogP contribution in [0.15, 0.2) is 24.4 Å². The van der Waals surface area contributed by atoms with Gasteiger partial charge in [0.15, 0.2) is 0 Å². The van der Waals surface area contributed by atoms with E-state index in [0.29, 0.717) is 11.6 Å². The zero-order valence-corrected chi connectivity index (χ0v) is 18.5. The second-order valence-electron chi connectivity index (χ2n) is 7.94. The number of aryl methyl sites for hydroxylation is 1. The molecule has 1 aliphatic carbocycles. The van der Waals surface area contributed by atoms with E-state index in [-0.39, 0.29) is 31.2 Å². The van der Waals surface area contributed by atoms with Crippen LogP contribution in [0.2, 0.25) is 19.6 Å². The molecule has 1 saturated carbocycles. The van der Waals surface area contributed by atoms with Crippen LogP contribution in [0.25, 0.3) is 11.3 Å². The molecule has 1 aromatic carbocycles. The largest absolute Gasteiger partial charge is 0.305 e. The molecule has 1 nitrogen and oxygen atoms in total. The topological polar surface area (TPSA) is 12.9 Å². The number of rotatable bonds is 4. The fraction of sp³-hybridized carbons (Fsp3) is 0.476. The summed E-state index contributed by atoms with van der Waals surface area (Å²) in [5.74, 6) is 0.116. The van der Waals surface area contributed by atoms with E-state index < -0.39 is 20.7 Å². The standard InChI is InChI=1S/C21H27FNSi.Ir/c1-15-9-10-18(19(22)11-15)20-13-17(12-16-7-5-6-8-16)21(14-23-20)24(2,3)4;/h9,11,13-14,16H,5-8,12H2,1-4H3;/q-1;/i1D3;. The van der Waals surface area contributed by atoms with Gasteiger partial charge in [-0.2, -0.15) is 0 Å². The summed E-state index contributed by atoms with van der Waals surface area (Å²) >= 11 is 0. The SMILES string of the molecule is [2H]C([2H])([2H])c1c[c-]c(-c2cc(CC3CCCC3)c([Si](C)(C)C)cn2)c(F)c1.[Ir]. The molecule has 0 amide bonds. The van der Waals surface area contributed by atoms with Gasteiger partial charge in [-0.3, -0.25) is 4.39 Å². The fourth-order valence-corrected chi connectivity index (χ4v) is 5.26. The summed E-state index contributed by atoms with van der Waals surface area (Å²) in [6.45, 7) is 4.58. The van der Waals surface area contributed by atoms with Crippen molar-refractivity contribution in [2.24, 2.45) is 5.92 Å². The van der Waals surface area contributed by atoms with Crippen LogP contribution in [0.3, 0.4) is 0 Å². The number of aromatic nitrogens is 1. The third kappa shape index (κ3) is 4.87. The molecule has 0 atom stereocenters. The second kappa shape index (κ2) is 8.24. The van der Waals surface area contributed by atoms with Gasteiger partial charge in [0.25, 0.3) is 0 Å². The van der Waals surface area contributed by atoms with E-state index in [1.54, 1.807) is 0 Å². The summed E-state index contributed by atoms with van der Waals surface area (Å²) in [6.07, 6.45) is 8.04. The Hall–Kier alpha value is -0.834. The van der Waals surface area contributed by atoms with Crippen molar-refractivity contribution in [2.45, 2.75) is 58.6 Å². The van der Waals surface area contributed by atoms with Crippen LogP contribution in [-0.2, 0) is 26.5 Å². The number of hydrogen-bond donors (Lipinski definition) is 0. The summed E-state index contributed by atoms with van der Waals surface area (Å²) in [7, 11) is -1.56. The fourth-order valence-electron chi connectivity index (χ4n) is 3.67. The van der Waals surface area contributed by atoms with E-state index in [2.05, 4.69) is 30.7 Å². The number of nitrogens with zero attached hydrogens (tertiary/aromatic N) is 1.